The lowest BCUT2D eigenvalue weighted by Gasteiger charge is -2.29. The molecule has 0 radical (unpaired) electrons. The smallest absolute Gasteiger partial charge is 0.136 e. The zero-order valence-electron chi connectivity index (χ0n) is 33.9. The molecule has 0 bridgehead atoms. The highest BCUT2D eigenvalue weighted by molar-refractivity contribution is 6.16. The Kier molecular flexibility index (Phi) is 7.91. The van der Waals surface area contributed by atoms with Gasteiger partial charge in [-0.05, 0) is 129 Å². The van der Waals surface area contributed by atoms with E-state index in [-0.39, 0.29) is 11.5 Å². The molecule has 12 rings (SSSR count). The van der Waals surface area contributed by atoms with E-state index in [0.717, 1.165) is 78.3 Å². The van der Waals surface area contributed by atoms with Crippen molar-refractivity contribution in [1.29, 1.82) is 0 Å². The van der Waals surface area contributed by atoms with E-state index in [1.807, 2.05) is 0 Å². The summed E-state index contributed by atoms with van der Waals surface area (Å²) < 4.78 is 6.75. The second-order valence-electron chi connectivity index (χ2n) is 16.8. The van der Waals surface area contributed by atoms with Gasteiger partial charge in [0.25, 0.3) is 0 Å². The predicted octanol–water partition coefficient (Wildman–Crippen LogP) is 15.0. The van der Waals surface area contributed by atoms with Crippen LogP contribution in [0.2, 0.25) is 0 Å². The third-order valence-corrected chi connectivity index (χ3v) is 12.9. The van der Waals surface area contributed by atoms with Crippen molar-refractivity contribution < 1.29 is 4.42 Å². The van der Waals surface area contributed by atoms with E-state index in [9.17, 15) is 0 Å². The molecule has 1 atom stereocenters. The monoisotopic (exact) mass is 783 g/mol. The molecule has 1 aromatic heterocycles. The van der Waals surface area contributed by atoms with Crippen molar-refractivity contribution in [2.45, 2.75) is 25.3 Å². The first-order chi connectivity index (χ1) is 30.0. The number of benzene rings is 9. The highest BCUT2D eigenvalue weighted by Crippen LogP contribution is 2.51. The van der Waals surface area contributed by atoms with Crippen LogP contribution in [-0.2, 0) is 5.41 Å². The Labute approximate surface area is 355 Å². The summed E-state index contributed by atoms with van der Waals surface area (Å²) in [6.07, 6.45) is 0. The number of fused-ring (bicyclic) bond motifs is 8. The zero-order valence-corrected chi connectivity index (χ0v) is 33.9. The first-order valence-corrected chi connectivity index (χ1v) is 21.1. The van der Waals surface area contributed by atoms with Gasteiger partial charge in [-0.2, -0.15) is 0 Å². The summed E-state index contributed by atoms with van der Waals surface area (Å²) >= 11 is 0. The molecule has 0 amide bonds. The van der Waals surface area contributed by atoms with Gasteiger partial charge < -0.3 is 14.6 Å². The molecule has 1 aliphatic carbocycles. The van der Waals surface area contributed by atoms with Gasteiger partial charge in [0, 0.05) is 44.4 Å². The van der Waals surface area contributed by atoms with E-state index in [1.165, 1.54) is 33.0 Å². The molecule has 290 valence electrons. The van der Waals surface area contributed by atoms with Crippen LogP contribution in [0.1, 0.15) is 47.7 Å². The van der Waals surface area contributed by atoms with Gasteiger partial charge in [0.15, 0.2) is 0 Å². The van der Waals surface area contributed by atoms with Crippen LogP contribution < -0.4 is 10.2 Å². The Morgan fingerprint density at radius 2 is 1.16 bits per heavy atom. The second-order valence-corrected chi connectivity index (χ2v) is 16.8. The van der Waals surface area contributed by atoms with Gasteiger partial charge in [-0.15, -0.1) is 0 Å². The van der Waals surface area contributed by atoms with Crippen molar-refractivity contribution in [2.75, 3.05) is 4.90 Å². The summed E-state index contributed by atoms with van der Waals surface area (Å²) in [5.41, 5.74) is 16.8. The minimum Gasteiger partial charge on any atom is -0.456 e. The van der Waals surface area contributed by atoms with Gasteiger partial charge in [0.1, 0.15) is 17.0 Å². The molecule has 0 saturated heterocycles. The maximum atomic E-state index is 6.75. The summed E-state index contributed by atoms with van der Waals surface area (Å²) in [6.45, 7) is 4.68. The highest BCUT2D eigenvalue weighted by atomic mass is 16.3. The van der Waals surface area contributed by atoms with Gasteiger partial charge in [0.2, 0.25) is 0 Å². The van der Waals surface area contributed by atoms with Crippen LogP contribution >= 0.6 is 0 Å². The van der Waals surface area contributed by atoms with Crippen LogP contribution in [-0.4, -0.2) is 5.84 Å². The van der Waals surface area contributed by atoms with Crippen LogP contribution in [0, 0.1) is 0 Å². The average Bonchev–Trinajstić information content (AvgIpc) is 3.78. The minimum absolute atomic E-state index is 0.1000. The molecule has 4 nitrogen and oxygen atoms in total. The van der Waals surface area contributed by atoms with Crippen molar-refractivity contribution in [2.24, 2.45) is 4.99 Å². The normalized spacial score (nSPS) is 14.9. The fraction of sp³-hybridized carbons (Fsp3) is 0.0702. The molecule has 1 unspecified atom stereocenters. The molecule has 2 heterocycles. The topological polar surface area (TPSA) is 40.8 Å². The van der Waals surface area contributed by atoms with Gasteiger partial charge in [-0.1, -0.05) is 135 Å². The number of hydrogen-bond donors (Lipinski definition) is 1. The SMILES string of the molecule is CC1(C)c2ccccc2-c2ccc(N(c3ccccc3)c3ccc(C4=Nc5ccccc5C(c5cc(-c6ccccc6)c6c(c5)oc5cc7ccccc7cc56)N4)cc3)cc21. The number of anilines is 3. The van der Waals surface area contributed by atoms with Gasteiger partial charge in [-0.25, -0.2) is 4.99 Å². The lowest BCUT2D eigenvalue weighted by atomic mass is 9.82. The molecule has 10 aromatic rings. The molecular formula is C57H41N3O. The fourth-order valence-corrected chi connectivity index (χ4v) is 9.86. The summed E-state index contributed by atoms with van der Waals surface area (Å²) in [4.78, 5) is 7.59. The quantitative estimate of drug-likeness (QED) is 0.183. The van der Waals surface area contributed by atoms with E-state index in [1.54, 1.807) is 0 Å². The van der Waals surface area contributed by atoms with Crippen molar-refractivity contribution >= 4 is 61.3 Å². The van der Waals surface area contributed by atoms with Gasteiger partial charge in [0.05, 0.1) is 11.7 Å². The summed E-state index contributed by atoms with van der Waals surface area (Å²) in [5.74, 6) is 0.829. The fourth-order valence-electron chi connectivity index (χ4n) is 9.86. The van der Waals surface area contributed by atoms with Gasteiger partial charge in [-0.3, -0.25) is 0 Å². The van der Waals surface area contributed by atoms with Crippen LogP contribution in [0.15, 0.2) is 210 Å². The predicted molar refractivity (Wildman–Crippen MR) is 253 cm³/mol. The number of hydrogen-bond acceptors (Lipinski definition) is 4. The van der Waals surface area contributed by atoms with Crippen molar-refractivity contribution in [3.05, 3.63) is 228 Å². The average molecular weight is 784 g/mol. The molecule has 2 aliphatic rings. The number of aliphatic imine (C=N–C) groups is 1. The zero-order chi connectivity index (χ0) is 40.7. The van der Waals surface area contributed by atoms with Crippen LogP contribution in [0.25, 0.3) is 55.0 Å². The first-order valence-electron chi connectivity index (χ1n) is 21.1. The van der Waals surface area contributed by atoms with Crippen molar-refractivity contribution in [1.82, 2.24) is 5.32 Å². The lowest BCUT2D eigenvalue weighted by molar-refractivity contribution is 0.660. The Balaban J connectivity index is 0.945. The van der Waals surface area contributed by atoms with E-state index in [4.69, 9.17) is 9.41 Å². The third kappa shape index (κ3) is 5.71. The third-order valence-electron chi connectivity index (χ3n) is 12.9. The summed E-state index contributed by atoms with van der Waals surface area (Å²) in [7, 11) is 0. The molecule has 0 saturated carbocycles. The lowest BCUT2D eigenvalue weighted by Crippen LogP contribution is -2.32. The van der Waals surface area contributed by atoms with E-state index < -0.39 is 0 Å². The Bertz CT molecular complexity index is 3360. The van der Waals surface area contributed by atoms with E-state index in [0.29, 0.717) is 0 Å². The molecule has 0 fully saturated rings. The first kappa shape index (κ1) is 35.3. The summed E-state index contributed by atoms with van der Waals surface area (Å²) in [6, 6.07) is 71.7. The molecule has 61 heavy (non-hydrogen) atoms. The Morgan fingerprint density at radius 1 is 0.508 bits per heavy atom. The Hall–Kier alpha value is -7.69. The number of nitrogens with zero attached hydrogens (tertiary/aromatic N) is 2. The molecule has 1 aliphatic heterocycles. The van der Waals surface area contributed by atoms with Crippen LogP contribution in [0.5, 0.6) is 0 Å². The summed E-state index contributed by atoms with van der Waals surface area (Å²) in [5, 5.41) is 8.51. The van der Waals surface area contributed by atoms with Crippen LogP contribution in [0.3, 0.4) is 0 Å². The number of rotatable bonds is 6. The number of nitrogens with one attached hydrogen (secondary N) is 1. The standard InChI is InChI=1S/C57H41N3O/c1-57(2)49-23-13-11-21-44(49)45-30-29-43(35-50(45)57)60(41-19-7-4-8-20-41)42-27-25-37(26-28-42)56-58-51-24-14-12-22-46(51)55(59-56)40-32-47(36-15-5-3-6-16-36)54-48-31-38-17-9-10-18-39(38)33-52(48)61-53(54)34-40/h3-35,55H,1-2H3,(H,58,59). The molecule has 9 aromatic carbocycles. The largest absolute Gasteiger partial charge is 0.456 e. The maximum absolute atomic E-state index is 6.75. The minimum atomic E-state index is -0.165. The number of para-hydroxylation sites is 2. The van der Waals surface area contributed by atoms with Crippen molar-refractivity contribution in [3.8, 4) is 22.3 Å². The van der Waals surface area contributed by atoms with Gasteiger partial charge >= 0.3 is 0 Å². The molecule has 1 N–H and O–H groups in total. The number of amidine groups is 1. The number of furan rings is 1. The Morgan fingerprint density at radius 3 is 1.98 bits per heavy atom. The van der Waals surface area contributed by atoms with E-state index >= 15 is 0 Å². The van der Waals surface area contributed by atoms with Crippen molar-refractivity contribution in [3.63, 3.8) is 0 Å². The second kappa shape index (κ2) is 13.7. The van der Waals surface area contributed by atoms with Crippen LogP contribution in [0.4, 0.5) is 22.7 Å². The molecule has 0 spiro atoms. The van der Waals surface area contributed by atoms with E-state index in [2.05, 4.69) is 224 Å². The highest BCUT2D eigenvalue weighted by Gasteiger charge is 2.36. The molecule has 4 heteroatoms. The maximum Gasteiger partial charge on any atom is 0.136 e. The molecular weight excluding hydrogens is 743 g/mol.